The lowest BCUT2D eigenvalue weighted by atomic mass is 10.2. The largest absolute Gasteiger partial charge is 0.352 e. The first-order chi connectivity index (χ1) is 9.35. The maximum Gasteiger partial charge on any atom is 0.195 e. The molecule has 1 aliphatic rings. The molecule has 0 atom stereocenters. The second-order valence-corrected chi connectivity index (χ2v) is 6.13. The summed E-state index contributed by atoms with van der Waals surface area (Å²) in [5.74, 6) is 1.19. The Morgan fingerprint density at radius 1 is 1.53 bits per heavy atom. The predicted octanol–water partition coefficient (Wildman–Crippen LogP) is 2.67. The van der Waals surface area contributed by atoms with E-state index in [2.05, 4.69) is 27.8 Å². The third-order valence-corrected chi connectivity index (χ3v) is 4.49. The Bertz CT molecular complexity index is 541. The zero-order valence-corrected chi connectivity index (χ0v) is 12.3. The summed E-state index contributed by atoms with van der Waals surface area (Å²) in [7, 11) is 0. The van der Waals surface area contributed by atoms with Gasteiger partial charge < -0.3 is 10.6 Å². The molecular weight excluding hydrogens is 256 g/mol. The number of rotatable bonds is 7. The maximum absolute atomic E-state index is 5.78. The van der Waals surface area contributed by atoms with E-state index in [4.69, 9.17) is 10.7 Å². The van der Waals surface area contributed by atoms with Crippen molar-refractivity contribution < 1.29 is 0 Å². The summed E-state index contributed by atoms with van der Waals surface area (Å²) in [6.45, 7) is 4.06. The molecule has 0 radical (unpaired) electrons. The third kappa shape index (κ3) is 2.49. The van der Waals surface area contributed by atoms with E-state index < -0.39 is 0 Å². The summed E-state index contributed by atoms with van der Waals surface area (Å²) in [5.41, 5.74) is 7.08. The van der Waals surface area contributed by atoms with E-state index in [0.717, 1.165) is 17.9 Å². The first-order valence-electron chi connectivity index (χ1n) is 7.26. The maximum atomic E-state index is 5.78. The summed E-state index contributed by atoms with van der Waals surface area (Å²) in [5, 5.41) is 2.10. The van der Waals surface area contributed by atoms with E-state index >= 15 is 0 Å². The fourth-order valence-electron chi connectivity index (χ4n) is 2.60. The molecule has 0 saturated heterocycles. The molecular formula is C14H22N4S. The van der Waals surface area contributed by atoms with Gasteiger partial charge in [0.1, 0.15) is 0 Å². The van der Waals surface area contributed by atoms with Crippen LogP contribution in [-0.2, 0) is 6.42 Å². The first-order valence-corrected chi connectivity index (χ1v) is 8.14. The van der Waals surface area contributed by atoms with Crippen molar-refractivity contribution in [1.29, 1.82) is 0 Å². The van der Waals surface area contributed by atoms with Gasteiger partial charge in [0.05, 0.1) is 5.69 Å². The van der Waals surface area contributed by atoms with Crippen LogP contribution in [-0.4, -0.2) is 28.5 Å². The van der Waals surface area contributed by atoms with Crippen LogP contribution in [0.25, 0.3) is 4.96 Å². The molecule has 2 heterocycles. The van der Waals surface area contributed by atoms with E-state index in [1.54, 1.807) is 11.3 Å². The van der Waals surface area contributed by atoms with Crippen LogP contribution < -0.4 is 10.6 Å². The van der Waals surface area contributed by atoms with Gasteiger partial charge in [0.15, 0.2) is 10.8 Å². The van der Waals surface area contributed by atoms with Crippen LogP contribution in [0.4, 0.5) is 5.82 Å². The lowest BCUT2D eigenvalue weighted by molar-refractivity contribution is 0.701. The van der Waals surface area contributed by atoms with Crippen molar-refractivity contribution in [2.24, 2.45) is 5.73 Å². The van der Waals surface area contributed by atoms with Crippen molar-refractivity contribution in [3.05, 3.63) is 17.3 Å². The van der Waals surface area contributed by atoms with Crippen molar-refractivity contribution in [3.63, 3.8) is 0 Å². The number of anilines is 1. The molecule has 0 unspecified atom stereocenters. The Kier molecular flexibility index (Phi) is 3.75. The number of nitrogens with zero attached hydrogens (tertiary/aromatic N) is 3. The van der Waals surface area contributed by atoms with E-state index in [0.29, 0.717) is 12.6 Å². The first kappa shape index (κ1) is 12.9. The molecule has 104 valence electrons. The zero-order chi connectivity index (χ0) is 13.2. The third-order valence-electron chi connectivity index (χ3n) is 3.73. The molecule has 4 nitrogen and oxygen atoms in total. The molecule has 0 bridgehead atoms. The van der Waals surface area contributed by atoms with Crippen LogP contribution in [0.5, 0.6) is 0 Å². The SMILES string of the molecule is CCCCN(c1nc2sccn2c1CCN)C1CC1. The molecule has 2 aromatic rings. The van der Waals surface area contributed by atoms with Crippen molar-refractivity contribution in [2.45, 2.75) is 45.1 Å². The second-order valence-electron chi connectivity index (χ2n) is 5.25. The molecule has 2 aromatic heterocycles. The van der Waals surface area contributed by atoms with Crippen LogP contribution in [0, 0.1) is 0 Å². The number of hydrogen-bond donors (Lipinski definition) is 1. The Morgan fingerprint density at radius 2 is 2.37 bits per heavy atom. The Hall–Kier alpha value is -1.07. The van der Waals surface area contributed by atoms with E-state index in [1.807, 2.05) is 0 Å². The smallest absolute Gasteiger partial charge is 0.195 e. The van der Waals surface area contributed by atoms with Crippen molar-refractivity contribution in [3.8, 4) is 0 Å². The van der Waals surface area contributed by atoms with E-state index in [-0.39, 0.29) is 0 Å². The normalized spacial score (nSPS) is 15.3. The minimum atomic E-state index is 0.683. The van der Waals surface area contributed by atoms with E-state index in [9.17, 15) is 0 Å². The average molecular weight is 278 g/mol. The van der Waals surface area contributed by atoms with Gasteiger partial charge in [-0.25, -0.2) is 4.98 Å². The van der Waals surface area contributed by atoms with Crippen molar-refractivity contribution in [1.82, 2.24) is 9.38 Å². The highest BCUT2D eigenvalue weighted by atomic mass is 32.1. The quantitative estimate of drug-likeness (QED) is 0.847. The predicted molar refractivity (Wildman–Crippen MR) is 81.1 cm³/mol. The van der Waals surface area contributed by atoms with E-state index in [1.165, 1.54) is 37.2 Å². The Balaban J connectivity index is 1.95. The Labute approximate surface area is 118 Å². The lowest BCUT2D eigenvalue weighted by Gasteiger charge is -2.23. The number of thiazole rings is 1. The number of aromatic nitrogens is 2. The van der Waals surface area contributed by atoms with Gasteiger partial charge in [-0.3, -0.25) is 4.40 Å². The van der Waals surface area contributed by atoms with Gasteiger partial charge in [0.2, 0.25) is 0 Å². The number of imidazole rings is 1. The number of unbranched alkanes of at least 4 members (excludes halogenated alkanes) is 1. The Morgan fingerprint density at radius 3 is 3.05 bits per heavy atom. The summed E-state index contributed by atoms with van der Waals surface area (Å²) in [4.78, 5) is 8.48. The molecule has 1 aliphatic carbocycles. The minimum absolute atomic E-state index is 0.683. The summed E-state index contributed by atoms with van der Waals surface area (Å²) < 4.78 is 2.22. The lowest BCUT2D eigenvalue weighted by Crippen LogP contribution is -2.28. The molecule has 0 aromatic carbocycles. The van der Waals surface area contributed by atoms with Gasteiger partial charge in [-0.15, -0.1) is 11.3 Å². The van der Waals surface area contributed by atoms with Crippen LogP contribution in [0.3, 0.4) is 0 Å². The van der Waals surface area contributed by atoms with Gasteiger partial charge in [-0.05, 0) is 25.8 Å². The number of fused-ring (bicyclic) bond motifs is 1. The van der Waals surface area contributed by atoms with Crippen LogP contribution >= 0.6 is 11.3 Å². The second kappa shape index (κ2) is 5.51. The molecule has 0 spiro atoms. The van der Waals surface area contributed by atoms with Gasteiger partial charge in [-0.2, -0.15) is 0 Å². The molecule has 1 fully saturated rings. The van der Waals surface area contributed by atoms with Crippen molar-refractivity contribution in [2.75, 3.05) is 18.0 Å². The van der Waals surface area contributed by atoms with Gasteiger partial charge in [-0.1, -0.05) is 13.3 Å². The highest BCUT2D eigenvalue weighted by molar-refractivity contribution is 7.15. The fourth-order valence-corrected chi connectivity index (χ4v) is 3.32. The van der Waals surface area contributed by atoms with Gasteiger partial charge in [0, 0.05) is 30.6 Å². The standard InChI is InChI=1S/C14H22N4S/c1-2-3-8-17(11-4-5-11)13-12(6-7-15)18-9-10-19-14(18)16-13/h9-11H,2-8,15H2,1H3. The van der Waals surface area contributed by atoms with Crippen LogP contribution in [0.2, 0.25) is 0 Å². The van der Waals surface area contributed by atoms with Crippen LogP contribution in [0.15, 0.2) is 11.6 Å². The molecule has 19 heavy (non-hydrogen) atoms. The molecule has 2 N–H and O–H groups in total. The van der Waals surface area contributed by atoms with Gasteiger partial charge >= 0.3 is 0 Å². The fraction of sp³-hybridized carbons (Fsp3) is 0.643. The van der Waals surface area contributed by atoms with Crippen molar-refractivity contribution >= 4 is 22.1 Å². The zero-order valence-electron chi connectivity index (χ0n) is 11.5. The number of hydrogen-bond acceptors (Lipinski definition) is 4. The molecule has 0 amide bonds. The molecule has 3 rings (SSSR count). The molecule has 1 saturated carbocycles. The summed E-state index contributed by atoms with van der Waals surface area (Å²) in [6, 6.07) is 0.715. The monoisotopic (exact) mass is 278 g/mol. The molecule has 5 heteroatoms. The topological polar surface area (TPSA) is 46.6 Å². The van der Waals surface area contributed by atoms with Crippen LogP contribution in [0.1, 0.15) is 38.3 Å². The highest BCUT2D eigenvalue weighted by Crippen LogP contribution is 2.34. The average Bonchev–Trinajstić information content (AvgIpc) is 3.04. The van der Waals surface area contributed by atoms with Gasteiger partial charge in [0.25, 0.3) is 0 Å². The molecule has 0 aliphatic heterocycles. The highest BCUT2D eigenvalue weighted by Gasteiger charge is 2.32. The minimum Gasteiger partial charge on any atom is -0.352 e. The number of nitrogens with two attached hydrogens (primary N) is 1. The summed E-state index contributed by atoms with van der Waals surface area (Å²) >= 11 is 1.71. The summed E-state index contributed by atoms with van der Waals surface area (Å²) in [6.07, 6.45) is 8.13.